The maximum atomic E-state index is 5.68. The van der Waals surface area contributed by atoms with Gasteiger partial charge in [-0.25, -0.2) is 4.98 Å². The molecule has 0 saturated carbocycles. The third-order valence-corrected chi connectivity index (χ3v) is 4.46. The smallest absolute Gasteiger partial charge is 0.191 e. The highest BCUT2D eigenvalue weighted by molar-refractivity contribution is 7.11. The summed E-state index contributed by atoms with van der Waals surface area (Å²) in [5, 5.41) is 7.57. The summed E-state index contributed by atoms with van der Waals surface area (Å²) in [6.45, 7) is 8.13. The minimum atomic E-state index is 0.583. The Kier molecular flexibility index (Phi) is 6.40. The molecule has 0 amide bonds. The molecule has 2 rings (SSSR count). The van der Waals surface area contributed by atoms with Gasteiger partial charge in [0.1, 0.15) is 17.4 Å². The number of ether oxygens (including phenoxy) is 1. The second-order valence-corrected chi connectivity index (χ2v) is 6.55. The Hall–Kier alpha value is -2.08. The van der Waals surface area contributed by atoms with Gasteiger partial charge in [-0.3, -0.25) is 4.99 Å². The van der Waals surface area contributed by atoms with E-state index in [1.165, 1.54) is 10.4 Å². The highest BCUT2D eigenvalue weighted by Crippen LogP contribution is 2.15. The Bertz CT molecular complexity index is 630. The van der Waals surface area contributed by atoms with Gasteiger partial charge in [0.05, 0.1) is 18.8 Å². The first kappa shape index (κ1) is 17.3. The van der Waals surface area contributed by atoms with Crippen molar-refractivity contribution in [3.05, 3.63) is 45.4 Å². The molecule has 0 aliphatic heterocycles. The lowest BCUT2D eigenvalue weighted by Gasteiger charge is -2.11. The molecule has 2 N–H and O–H groups in total. The van der Waals surface area contributed by atoms with Gasteiger partial charge in [-0.15, -0.1) is 11.3 Å². The van der Waals surface area contributed by atoms with Gasteiger partial charge < -0.3 is 15.4 Å². The summed E-state index contributed by atoms with van der Waals surface area (Å²) in [5.74, 6) is 1.64. The van der Waals surface area contributed by atoms with Gasteiger partial charge in [0.2, 0.25) is 0 Å². The lowest BCUT2D eigenvalue weighted by molar-refractivity contribution is 0.322. The van der Waals surface area contributed by atoms with E-state index >= 15 is 0 Å². The number of aromatic nitrogens is 1. The lowest BCUT2D eigenvalue weighted by Crippen LogP contribution is -2.38. The van der Waals surface area contributed by atoms with Gasteiger partial charge in [0.15, 0.2) is 5.96 Å². The van der Waals surface area contributed by atoms with E-state index in [-0.39, 0.29) is 0 Å². The molecule has 0 spiro atoms. The minimum Gasteiger partial charge on any atom is -0.492 e. The number of hydrogen-bond donors (Lipinski definition) is 2. The van der Waals surface area contributed by atoms with Crippen LogP contribution in [0.25, 0.3) is 0 Å². The molecular formula is C17H24N4OS. The largest absolute Gasteiger partial charge is 0.492 e. The quantitative estimate of drug-likeness (QED) is 0.485. The molecule has 0 unspecified atom stereocenters. The van der Waals surface area contributed by atoms with E-state index in [4.69, 9.17) is 4.74 Å². The van der Waals surface area contributed by atoms with E-state index < -0.39 is 0 Å². The van der Waals surface area contributed by atoms with E-state index in [1.807, 2.05) is 31.2 Å². The zero-order valence-corrected chi connectivity index (χ0v) is 15.0. The van der Waals surface area contributed by atoms with Crippen LogP contribution in [-0.4, -0.2) is 31.1 Å². The third-order valence-electron chi connectivity index (χ3n) is 3.39. The van der Waals surface area contributed by atoms with E-state index in [2.05, 4.69) is 34.5 Å². The molecule has 1 heterocycles. The Labute approximate surface area is 141 Å². The first-order valence-electron chi connectivity index (χ1n) is 7.65. The van der Waals surface area contributed by atoms with Crippen molar-refractivity contribution < 1.29 is 4.74 Å². The maximum absolute atomic E-state index is 5.68. The first-order valence-corrected chi connectivity index (χ1v) is 8.47. The van der Waals surface area contributed by atoms with Crippen LogP contribution in [0.4, 0.5) is 0 Å². The van der Waals surface area contributed by atoms with Crippen molar-refractivity contribution in [2.24, 2.45) is 4.99 Å². The number of benzene rings is 1. The molecule has 0 radical (unpaired) electrons. The average Bonchev–Trinajstić information content (AvgIpc) is 2.87. The van der Waals surface area contributed by atoms with Crippen LogP contribution in [0.5, 0.6) is 5.75 Å². The molecule has 124 valence electrons. The van der Waals surface area contributed by atoms with E-state index in [0.717, 1.165) is 22.4 Å². The first-order chi connectivity index (χ1) is 11.1. The molecule has 0 bridgehead atoms. The number of aliphatic imine (C=N–C) groups is 1. The number of aryl methyl sites for hydroxylation is 3. The number of guanidine groups is 1. The van der Waals surface area contributed by atoms with Crippen LogP contribution in [0.2, 0.25) is 0 Å². The van der Waals surface area contributed by atoms with Gasteiger partial charge in [0, 0.05) is 11.9 Å². The predicted molar refractivity (Wildman–Crippen MR) is 96.5 cm³/mol. The fourth-order valence-corrected chi connectivity index (χ4v) is 2.84. The molecule has 23 heavy (non-hydrogen) atoms. The van der Waals surface area contributed by atoms with Gasteiger partial charge in [0.25, 0.3) is 0 Å². The Morgan fingerprint density at radius 2 is 1.91 bits per heavy atom. The standard InChI is InChI=1S/C17H24N4OS/c1-12-5-7-15(8-6-12)22-10-9-19-17(18-4)20-11-16-21-13(2)14(3)23-16/h5-8H,9-11H2,1-4H3,(H2,18,19,20). The lowest BCUT2D eigenvalue weighted by atomic mass is 10.2. The fraction of sp³-hybridized carbons (Fsp3) is 0.412. The number of nitrogens with zero attached hydrogens (tertiary/aromatic N) is 2. The van der Waals surface area contributed by atoms with Crippen molar-refractivity contribution in [1.82, 2.24) is 15.6 Å². The number of thiazole rings is 1. The van der Waals surface area contributed by atoms with E-state index in [0.29, 0.717) is 19.7 Å². The number of hydrogen-bond acceptors (Lipinski definition) is 4. The highest BCUT2D eigenvalue weighted by atomic mass is 32.1. The van der Waals surface area contributed by atoms with Crippen LogP contribution < -0.4 is 15.4 Å². The topological polar surface area (TPSA) is 58.5 Å². The number of rotatable bonds is 6. The summed E-state index contributed by atoms with van der Waals surface area (Å²) < 4.78 is 5.68. The molecule has 0 aliphatic rings. The molecule has 0 saturated heterocycles. The summed E-state index contributed by atoms with van der Waals surface area (Å²) in [7, 11) is 1.76. The fourth-order valence-electron chi connectivity index (χ4n) is 1.97. The highest BCUT2D eigenvalue weighted by Gasteiger charge is 2.04. The van der Waals surface area contributed by atoms with Gasteiger partial charge in [-0.05, 0) is 32.9 Å². The van der Waals surface area contributed by atoms with Crippen LogP contribution in [0, 0.1) is 20.8 Å². The van der Waals surface area contributed by atoms with Gasteiger partial charge >= 0.3 is 0 Å². The van der Waals surface area contributed by atoms with E-state index in [1.54, 1.807) is 18.4 Å². The molecule has 0 fully saturated rings. The zero-order valence-electron chi connectivity index (χ0n) is 14.1. The number of nitrogens with one attached hydrogen (secondary N) is 2. The van der Waals surface area contributed by atoms with Crippen molar-refractivity contribution in [3.63, 3.8) is 0 Å². The maximum Gasteiger partial charge on any atom is 0.191 e. The SMILES string of the molecule is CN=C(NCCOc1ccc(C)cc1)NCc1nc(C)c(C)s1. The Morgan fingerprint density at radius 3 is 2.52 bits per heavy atom. The normalized spacial score (nSPS) is 11.4. The third kappa shape index (κ3) is 5.56. The molecule has 1 aromatic carbocycles. The monoisotopic (exact) mass is 332 g/mol. The van der Waals surface area contributed by atoms with Crippen LogP contribution >= 0.6 is 11.3 Å². The molecule has 6 heteroatoms. The zero-order chi connectivity index (χ0) is 16.7. The predicted octanol–water partition coefficient (Wildman–Crippen LogP) is 2.81. The summed E-state index contributed by atoms with van der Waals surface area (Å²) in [6.07, 6.45) is 0. The van der Waals surface area contributed by atoms with Crippen LogP contribution in [0.3, 0.4) is 0 Å². The second-order valence-electron chi connectivity index (χ2n) is 5.26. The Morgan fingerprint density at radius 1 is 1.17 bits per heavy atom. The van der Waals surface area contributed by atoms with Crippen molar-refractivity contribution in [1.29, 1.82) is 0 Å². The molecule has 1 aromatic heterocycles. The summed E-state index contributed by atoms with van der Waals surface area (Å²) in [5.41, 5.74) is 2.33. The van der Waals surface area contributed by atoms with Crippen molar-refractivity contribution in [2.75, 3.05) is 20.2 Å². The molecule has 0 atom stereocenters. The molecular weight excluding hydrogens is 308 g/mol. The van der Waals surface area contributed by atoms with Gasteiger partial charge in [-0.1, -0.05) is 17.7 Å². The minimum absolute atomic E-state index is 0.583. The molecule has 2 aromatic rings. The summed E-state index contributed by atoms with van der Waals surface area (Å²) >= 11 is 1.71. The van der Waals surface area contributed by atoms with Crippen molar-refractivity contribution in [2.45, 2.75) is 27.3 Å². The van der Waals surface area contributed by atoms with Crippen LogP contribution in [0.1, 0.15) is 21.1 Å². The summed E-state index contributed by atoms with van der Waals surface area (Å²) in [4.78, 5) is 9.97. The second kappa shape index (κ2) is 8.53. The van der Waals surface area contributed by atoms with Crippen molar-refractivity contribution in [3.8, 4) is 5.75 Å². The van der Waals surface area contributed by atoms with Gasteiger partial charge in [-0.2, -0.15) is 0 Å². The summed E-state index contributed by atoms with van der Waals surface area (Å²) in [6, 6.07) is 8.05. The Balaban J connectivity index is 1.69. The van der Waals surface area contributed by atoms with Crippen molar-refractivity contribution >= 4 is 17.3 Å². The van der Waals surface area contributed by atoms with E-state index in [9.17, 15) is 0 Å². The molecule has 5 nitrogen and oxygen atoms in total. The average molecular weight is 332 g/mol. The molecule has 0 aliphatic carbocycles. The van der Waals surface area contributed by atoms with Crippen LogP contribution in [-0.2, 0) is 6.54 Å². The van der Waals surface area contributed by atoms with Crippen LogP contribution in [0.15, 0.2) is 29.3 Å².